The van der Waals surface area contributed by atoms with Crippen LogP contribution in [0.3, 0.4) is 0 Å². The van der Waals surface area contributed by atoms with Crippen molar-refractivity contribution in [1.82, 2.24) is 4.90 Å². The number of aliphatic hydroxyl groups is 2. The van der Waals surface area contributed by atoms with E-state index < -0.39 is 5.60 Å². The number of hydrogen-bond donors (Lipinski definition) is 2. The van der Waals surface area contributed by atoms with E-state index in [0.29, 0.717) is 0 Å². The van der Waals surface area contributed by atoms with E-state index >= 15 is 0 Å². The van der Waals surface area contributed by atoms with Crippen LogP contribution in [-0.2, 0) is 0 Å². The molecule has 0 aromatic rings. The van der Waals surface area contributed by atoms with E-state index in [9.17, 15) is 10.2 Å². The molecule has 2 N–H and O–H groups in total. The van der Waals surface area contributed by atoms with Crippen molar-refractivity contribution < 1.29 is 10.2 Å². The smallest absolute Gasteiger partial charge is 0.0650 e. The van der Waals surface area contributed by atoms with Gasteiger partial charge in [0, 0.05) is 0 Å². The first kappa shape index (κ1) is 12.0. The molecule has 1 rings (SSSR count). The van der Waals surface area contributed by atoms with Crippen molar-refractivity contribution >= 4 is 0 Å². The molecule has 0 radical (unpaired) electrons. The van der Waals surface area contributed by atoms with Gasteiger partial charge in [-0.3, -0.25) is 0 Å². The molecule has 0 heterocycles. The number of nitrogens with zero attached hydrogens (tertiary/aromatic N) is 1. The first-order chi connectivity index (χ1) is 6.42. The van der Waals surface area contributed by atoms with Crippen LogP contribution in [-0.4, -0.2) is 47.5 Å². The van der Waals surface area contributed by atoms with Crippen molar-refractivity contribution in [1.29, 1.82) is 0 Å². The van der Waals surface area contributed by atoms with E-state index in [1.165, 1.54) is 0 Å². The Morgan fingerprint density at radius 1 is 1.43 bits per heavy atom. The van der Waals surface area contributed by atoms with Gasteiger partial charge in [0.2, 0.25) is 0 Å². The van der Waals surface area contributed by atoms with Gasteiger partial charge >= 0.3 is 0 Å². The monoisotopic (exact) mass is 201 g/mol. The van der Waals surface area contributed by atoms with Gasteiger partial charge in [-0.15, -0.1) is 0 Å². The third-order valence-electron chi connectivity index (χ3n) is 3.34. The van der Waals surface area contributed by atoms with Gasteiger partial charge in [-0.05, 0) is 59.2 Å². The van der Waals surface area contributed by atoms with Crippen molar-refractivity contribution in [2.24, 2.45) is 5.92 Å². The Morgan fingerprint density at radius 3 is 2.64 bits per heavy atom. The zero-order valence-corrected chi connectivity index (χ0v) is 9.53. The number of hydrogen-bond acceptors (Lipinski definition) is 3. The minimum atomic E-state index is -0.574. The summed E-state index contributed by atoms with van der Waals surface area (Å²) in [5, 5.41) is 19.7. The molecule has 1 saturated carbocycles. The van der Waals surface area contributed by atoms with Crippen LogP contribution in [0.2, 0.25) is 0 Å². The highest BCUT2D eigenvalue weighted by molar-refractivity contribution is 4.89. The molecule has 0 saturated heterocycles. The zero-order chi connectivity index (χ0) is 10.8. The summed E-state index contributed by atoms with van der Waals surface area (Å²) in [6, 6.07) is 0. The van der Waals surface area contributed by atoms with Gasteiger partial charge in [0.05, 0.1) is 11.7 Å². The Bertz CT molecular complexity index is 180. The predicted molar refractivity (Wildman–Crippen MR) is 57.1 cm³/mol. The van der Waals surface area contributed by atoms with Crippen molar-refractivity contribution in [3.63, 3.8) is 0 Å². The summed E-state index contributed by atoms with van der Waals surface area (Å²) in [5.74, 6) is 0.244. The maximum absolute atomic E-state index is 10.1. The molecule has 84 valence electrons. The van der Waals surface area contributed by atoms with Crippen molar-refractivity contribution in [3.8, 4) is 0 Å². The second-order valence-corrected chi connectivity index (χ2v) is 5.07. The molecule has 3 atom stereocenters. The second kappa shape index (κ2) is 4.60. The highest BCUT2D eigenvalue weighted by atomic mass is 16.3. The second-order valence-electron chi connectivity index (χ2n) is 5.07. The molecule has 0 bridgehead atoms. The minimum absolute atomic E-state index is 0.206. The third-order valence-corrected chi connectivity index (χ3v) is 3.34. The molecule has 0 aromatic heterocycles. The highest BCUT2D eigenvalue weighted by Gasteiger charge is 2.37. The molecule has 14 heavy (non-hydrogen) atoms. The lowest BCUT2D eigenvalue weighted by atomic mass is 9.74. The van der Waals surface area contributed by atoms with E-state index in [1.807, 2.05) is 21.0 Å². The first-order valence-electron chi connectivity index (χ1n) is 5.47. The summed E-state index contributed by atoms with van der Waals surface area (Å²) in [5.41, 5.74) is -0.574. The lowest BCUT2D eigenvalue weighted by molar-refractivity contribution is -0.0711. The Labute approximate surface area is 86.7 Å². The topological polar surface area (TPSA) is 43.7 Å². The molecule has 1 aliphatic rings. The number of aliphatic hydroxyl groups excluding tert-OH is 1. The van der Waals surface area contributed by atoms with Gasteiger partial charge in [-0.2, -0.15) is 0 Å². The van der Waals surface area contributed by atoms with E-state index in [1.54, 1.807) is 0 Å². The molecule has 3 heteroatoms. The van der Waals surface area contributed by atoms with E-state index in [2.05, 4.69) is 4.90 Å². The van der Waals surface area contributed by atoms with E-state index in [0.717, 1.165) is 32.2 Å². The summed E-state index contributed by atoms with van der Waals surface area (Å²) in [4.78, 5) is 2.12. The molecule has 1 fully saturated rings. The molecular formula is C11H23NO2. The van der Waals surface area contributed by atoms with Gasteiger partial charge in [-0.25, -0.2) is 0 Å². The highest BCUT2D eigenvalue weighted by Crippen LogP contribution is 2.35. The normalized spacial score (nSPS) is 39.0. The average Bonchev–Trinajstić information content (AvgIpc) is 2.07. The van der Waals surface area contributed by atoms with Gasteiger partial charge in [-0.1, -0.05) is 0 Å². The molecule has 0 amide bonds. The van der Waals surface area contributed by atoms with Crippen LogP contribution >= 0.6 is 0 Å². The van der Waals surface area contributed by atoms with Crippen LogP contribution in [0.5, 0.6) is 0 Å². The standard InChI is InChI=1S/C11H23NO2/c1-11(14)6-4-10(13)8-9(11)5-7-12(2)3/h9-10,13-14H,4-8H2,1-3H3/t9-,10+,11+/m0/s1. The van der Waals surface area contributed by atoms with Crippen LogP contribution in [0.4, 0.5) is 0 Å². The lowest BCUT2D eigenvalue weighted by Gasteiger charge is -2.39. The number of rotatable bonds is 3. The SMILES string of the molecule is CN(C)CC[C@H]1C[C@H](O)CC[C@@]1(C)O. The maximum Gasteiger partial charge on any atom is 0.0650 e. The van der Waals surface area contributed by atoms with Crippen LogP contribution < -0.4 is 0 Å². The molecule has 3 nitrogen and oxygen atoms in total. The van der Waals surface area contributed by atoms with Crippen molar-refractivity contribution in [2.45, 2.75) is 44.3 Å². The molecular weight excluding hydrogens is 178 g/mol. The van der Waals surface area contributed by atoms with E-state index in [4.69, 9.17) is 0 Å². The molecule has 0 aromatic carbocycles. The van der Waals surface area contributed by atoms with Crippen LogP contribution in [0.25, 0.3) is 0 Å². The fourth-order valence-electron chi connectivity index (χ4n) is 2.21. The minimum Gasteiger partial charge on any atom is -0.393 e. The predicted octanol–water partition coefficient (Wildman–Crippen LogP) is 0.850. The van der Waals surface area contributed by atoms with Gasteiger partial charge < -0.3 is 15.1 Å². The Balaban J connectivity index is 2.46. The van der Waals surface area contributed by atoms with Crippen LogP contribution in [0.15, 0.2) is 0 Å². The summed E-state index contributed by atoms with van der Waals surface area (Å²) in [6.45, 7) is 2.88. The summed E-state index contributed by atoms with van der Waals surface area (Å²) >= 11 is 0. The molecule has 1 aliphatic carbocycles. The van der Waals surface area contributed by atoms with Crippen molar-refractivity contribution in [3.05, 3.63) is 0 Å². The molecule has 0 spiro atoms. The zero-order valence-electron chi connectivity index (χ0n) is 9.53. The Hall–Kier alpha value is -0.120. The Morgan fingerprint density at radius 2 is 2.07 bits per heavy atom. The Kier molecular flexibility index (Phi) is 3.93. The average molecular weight is 201 g/mol. The molecule has 0 unspecified atom stereocenters. The molecule has 0 aliphatic heterocycles. The third kappa shape index (κ3) is 3.23. The first-order valence-corrected chi connectivity index (χ1v) is 5.47. The summed E-state index contributed by atoms with van der Waals surface area (Å²) < 4.78 is 0. The summed E-state index contributed by atoms with van der Waals surface area (Å²) in [6.07, 6.45) is 2.98. The largest absolute Gasteiger partial charge is 0.393 e. The maximum atomic E-state index is 10.1. The fraction of sp³-hybridized carbons (Fsp3) is 1.00. The van der Waals surface area contributed by atoms with Gasteiger partial charge in [0.25, 0.3) is 0 Å². The fourth-order valence-corrected chi connectivity index (χ4v) is 2.21. The van der Waals surface area contributed by atoms with Gasteiger partial charge in [0.1, 0.15) is 0 Å². The lowest BCUT2D eigenvalue weighted by Crippen LogP contribution is -2.43. The quantitative estimate of drug-likeness (QED) is 0.711. The van der Waals surface area contributed by atoms with Gasteiger partial charge in [0.15, 0.2) is 0 Å². The van der Waals surface area contributed by atoms with Crippen LogP contribution in [0.1, 0.15) is 32.6 Å². The summed E-state index contributed by atoms with van der Waals surface area (Å²) in [7, 11) is 4.07. The van der Waals surface area contributed by atoms with Crippen LogP contribution in [0, 0.1) is 5.92 Å². The van der Waals surface area contributed by atoms with Crippen molar-refractivity contribution in [2.75, 3.05) is 20.6 Å². The van der Waals surface area contributed by atoms with E-state index in [-0.39, 0.29) is 12.0 Å².